The van der Waals surface area contributed by atoms with Crippen LogP contribution in [0.4, 0.5) is 5.82 Å². The Kier molecular flexibility index (Phi) is 6.60. The molecule has 0 saturated carbocycles. The number of halogens is 2. The van der Waals surface area contributed by atoms with Gasteiger partial charge in [-0.05, 0) is 37.6 Å². The van der Waals surface area contributed by atoms with Crippen molar-refractivity contribution in [1.82, 2.24) is 14.5 Å². The first-order valence-electron chi connectivity index (χ1n) is 9.66. The number of hydrogen-bond acceptors (Lipinski definition) is 6. The van der Waals surface area contributed by atoms with E-state index < -0.39 is 0 Å². The number of carbonyl (C=O) groups excluding carboxylic acids is 1. The number of thioether (sulfide) groups is 1. The summed E-state index contributed by atoms with van der Waals surface area (Å²) in [6.07, 6.45) is 3.27. The Morgan fingerprint density at radius 2 is 1.97 bits per heavy atom. The van der Waals surface area contributed by atoms with Crippen molar-refractivity contribution >= 4 is 46.7 Å². The summed E-state index contributed by atoms with van der Waals surface area (Å²) in [6, 6.07) is 5.84. The highest BCUT2D eigenvalue weighted by Gasteiger charge is 2.17. The van der Waals surface area contributed by atoms with Crippen LogP contribution < -0.4 is 14.8 Å². The van der Waals surface area contributed by atoms with Gasteiger partial charge in [0.05, 0.1) is 27.7 Å². The van der Waals surface area contributed by atoms with Gasteiger partial charge in [0.15, 0.2) is 22.5 Å². The zero-order valence-corrected chi connectivity index (χ0v) is 19.3. The first kappa shape index (κ1) is 21.8. The number of nitrogens with one attached hydrogen (secondary N) is 1. The SMILES string of the molecule is CCn1c(-c2ccc3c(c2)OCCO3)cnc1SCC(=O)Nc1ncc(Cl)c(C)c1Cl. The van der Waals surface area contributed by atoms with Crippen molar-refractivity contribution in [2.75, 3.05) is 24.3 Å². The number of benzene rings is 1. The molecule has 0 atom stereocenters. The summed E-state index contributed by atoms with van der Waals surface area (Å²) in [6.45, 7) is 5.60. The lowest BCUT2D eigenvalue weighted by Crippen LogP contribution is -2.16. The van der Waals surface area contributed by atoms with Crippen molar-refractivity contribution in [2.24, 2.45) is 0 Å². The Labute approximate surface area is 194 Å². The van der Waals surface area contributed by atoms with E-state index in [-0.39, 0.29) is 11.7 Å². The van der Waals surface area contributed by atoms with Gasteiger partial charge in [-0.25, -0.2) is 9.97 Å². The van der Waals surface area contributed by atoms with Crippen molar-refractivity contribution in [3.8, 4) is 22.8 Å². The number of aromatic nitrogens is 3. The number of rotatable bonds is 6. The predicted molar refractivity (Wildman–Crippen MR) is 123 cm³/mol. The first-order valence-corrected chi connectivity index (χ1v) is 11.4. The molecule has 3 heterocycles. The van der Waals surface area contributed by atoms with E-state index in [9.17, 15) is 4.79 Å². The number of carbonyl (C=O) groups is 1. The van der Waals surface area contributed by atoms with Crippen LogP contribution >= 0.6 is 35.0 Å². The lowest BCUT2D eigenvalue weighted by molar-refractivity contribution is -0.113. The minimum Gasteiger partial charge on any atom is -0.486 e. The van der Waals surface area contributed by atoms with Gasteiger partial charge >= 0.3 is 0 Å². The summed E-state index contributed by atoms with van der Waals surface area (Å²) < 4.78 is 13.3. The Bertz CT molecular complexity index is 1140. The number of imidazole rings is 1. The Morgan fingerprint density at radius 1 is 1.19 bits per heavy atom. The average molecular weight is 479 g/mol. The van der Waals surface area contributed by atoms with Crippen LogP contribution in [-0.4, -0.2) is 39.4 Å². The summed E-state index contributed by atoms with van der Waals surface area (Å²) in [5.41, 5.74) is 2.59. The van der Waals surface area contributed by atoms with Crippen molar-refractivity contribution in [3.05, 3.63) is 46.2 Å². The molecule has 31 heavy (non-hydrogen) atoms. The van der Waals surface area contributed by atoms with Crippen LogP contribution in [0, 0.1) is 6.92 Å². The summed E-state index contributed by atoms with van der Waals surface area (Å²) in [4.78, 5) is 21.1. The molecule has 0 radical (unpaired) electrons. The highest BCUT2D eigenvalue weighted by molar-refractivity contribution is 7.99. The van der Waals surface area contributed by atoms with Gasteiger partial charge in [0.2, 0.25) is 5.91 Å². The maximum atomic E-state index is 12.4. The Balaban J connectivity index is 1.47. The Hall–Kier alpha value is -2.42. The van der Waals surface area contributed by atoms with Crippen LogP contribution in [0.5, 0.6) is 11.5 Å². The molecule has 7 nitrogen and oxygen atoms in total. The zero-order chi connectivity index (χ0) is 22.0. The van der Waals surface area contributed by atoms with Crippen molar-refractivity contribution in [2.45, 2.75) is 25.5 Å². The summed E-state index contributed by atoms with van der Waals surface area (Å²) in [5.74, 6) is 1.70. The summed E-state index contributed by atoms with van der Waals surface area (Å²) in [5, 5.41) is 4.26. The normalized spacial score (nSPS) is 12.6. The van der Waals surface area contributed by atoms with Crippen LogP contribution in [-0.2, 0) is 11.3 Å². The molecule has 1 aliphatic rings. The molecular formula is C21H20Cl2N4O3S. The lowest BCUT2D eigenvalue weighted by atomic mass is 10.1. The first-order chi connectivity index (χ1) is 15.0. The standard InChI is InChI=1S/C21H20Cl2N4O3S/c1-3-27-15(13-4-5-16-17(8-13)30-7-6-29-16)10-25-21(27)31-11-18(28)26-20-19(23)12(2)14(22)9-24-20/h4-5,8-10H,3,6-7,11H2,1-2H3,(H,24,26,28). The number of fused-ring (bicyclic) bond motifs is 1. The molecule has 0 unspecified atom stereocenters. The molecule has 10 heteroatoms. The molecule has 1 aliphatic heterocycles. The molecule has 0 saturated heterocycles. The molecule has 0 spiro atoms. The van der Waals surface area contributed by atoms with E-state index in [2.05, 4.69) is 19.9 Å². The highest BCUT2D eigenvalue weighted by Crippen LogP contribution is 2.36. The molecule has 4 rings (SSSR count). The molecule has 0 fully saturated rings. The van der Waals surface area contributed by atoms with E-state index in [1.807, 2.05) is 25.1 Å². The number of pyridine rings is 1. The van der Waals surface area contributed by atoms with Gasteiger partial charge in [0.25, 0.3) is 0 Å². The van der Waals surface area contributed by atoms with E-state index in [1.165, 1.54) is 18.0 Å². The average Bonchev–Trinajstić information content (AvgIpc) is 3.20. The maximum Gasteiger partial charge on any atom is 0.236 e. The highest BCUT2D eigenvalue weighted by atomic mass is 35.5. The van der Waals surface area contributed by atoms with Gasteiger partial charge in [-0.1, -0.05) is 35.0 Å². The minimum absolute atomic E-state index is 0.164. The van der Waals surface area contributed by atoms with Gasteiger partial charge in [0.1, 0.15) is 13.2 Å². The van der Waals surface area contributed by atoms with Gasteiger partial charge in [0, 0.05) is 18.3 Å². The maximum absolute atomic E-state index is 12.4. The Morgan fingerprint density at radius 3 is 2.74 bits per heavy atom. The van der Waals surface area contributed by atoms with E-state index >= 15 is 0 Å². The minimum atomic E-state index is -0.229. The fourth-order valence-corrected chi connectivity index (χ4v) is 4.39. The van der Waals surface area contributed by atoms with Crippen molar-refractivity contribution in [3.63, 3.8) is 0 Å². The van der Waals surface area contributed by atoms with Crippen LogP contribution in [0.1, 0.15) is 12.5 Å². The topological polar surface area (TPSA) is 78.3 Å². The molecule has 1 N–H and O–H groups in total. The monoisotopic (exact) mass is 478 g/mol. The van der Waals surface area contributed by atoms with E-state index in [1.54, 1.807) is 13.1 Å². The summed E-state index contributed by atoms with van der Waals surface area (Å²) >= 11 is 13.6. The van der Waals surface area contributed by atoms with Crippen LogP contribution in [0.15, 0.2) is 35.7 Å². The van der Waals surface area contributed by atoms with Gasteiger partial charge < -0.3 is 19.4 Å². The molecular weight excluding hydrogens is 459 g/mol. The third kappa shape index (κ3) is 4.61. The van der Waals surface area contributed by atoms with Crippen molar-refractivity contribution < 1.29 is 14.3 Å². The van der Waals surface area contributed by atoms with Crippen LogP contribution in [0.3, 0.4) is 0 Å². The second kappa shape index (κ2) is 9.38. The largest absolute Gasteiger partial charge is 0.486 e. The predicted octanol–water partition coefficient (Wildman–Crippen LogP) is 5.08. The third-order valence-electron chi connectivity index (χ3n) is 4.77. The van der Waals surface area contributed by atoms with Gasteiger partial charge in [-0.15, -0.1) is 0 Å². The van der Waals surface area contributed by atoms with Crippen LogP contribution in [0.2, 0.25) is 10.0 Å². The fraction of sp³-hybridized carbons (Fsp3) is 0.286. The lowest BCUT2D eigenvalue weighted by Gasteiger charge is -2.19. The number of amides is 1. The van der Waals surface area contributed by atoms with Crippen LogP contribution in [0.25, 0.3) is 11.3 Å². The molecule has 0 bridgehead atoms. The fourth-order valence-electron chi connectivity index (χ4n) is 3.16. The second-order valence-electron chi connectivity index (χ2n) is 6.76. The van der Waals surface area contributed by atoms with Crippen molar-refractivity contribution in [1.29, 1.82) is 0 Å². The second-order valence-corrected chi connectivity index (χ2v) is 8.49. The molecule has 1 amide bonds. The number of nitrogens with zero attached hydrogens (tertiary/aromatic N) is 3. The molecule has 3 aromatic rings. The van der Waals surface area contributed by atoms with E-state index in [0.29, 0.717) is 41.2 Å². The van der Waals surface area contributed by atoms with E-state index in [0.717, 1.165) is 27.9 Å². The molecule has 1 aromatic carbocycles. The smallest absolute Gasteiger partial charge is 0.236 e. The zero-order valence-electron chi connectivity index (χ0n) is 16.9. The van der Waals surface area contributed by atoms with E-state index in [4.69, 9.17) is 32.7 Å². The van der Waals surface area contributed by atoms with Gasteiger partial charge in [-0.2, -0.15) is 0 Å². The third-order valence-corrected chi connectivity index (χ3v) is 6.60. The quantitative estimate of drug-likeness (QED) is 0.497. The number of anilines is 1. The number of ether oxygens (including phenoxy) is 2. The molecule has 162 valence electrons. The number of hydrogen-bond donors (Lipinski definition) is 1. The molecule has 2 aromatic heterocycles. The van der Waals surface area contributed by atoms with Gasteiger partial charge in [-0.3, -0.25) is 4.79 Å². The molecule has 0 aliphatic carbocycles. The summed E-state index contributed by atoms with van der Waals surface area (Å²) in [7, 11) is 0.